The predicted octanol–water partition coefficient (Wildman–Crippen LogP) is 2.90. The van der Waals surface area contributed by atoms with Crippen molar-refractivity contribution in [2.45, 2.75) is 52.0 Å². The van der Waals surface area contributed by atoms with E-state index in [-0.39, 0.29) is 24.7 Å². The van der Waals surface area contributed by atoms with Crippen molar-refractivity contribution in [3.63, 3.8) is 0 Å². The Balaban J connectivity index is 1.31. The van der Waals surface area contributed by atoms with Gasteiger partial charge in [-0.05, 0) is 48.2 Å². The number of benzene rings is 1. The van der Waals surface area contributed by atoms with Gasteiger partial charge in [0.05, 0.1) is 37.1 Å². The van der Waals surface area contributed by atoms with Crippen molar-refractivity contribution in [1.82, 2.24) is 9.88 Å². The van der Waals surface area contributed by atoms with Crippen molar-refractivity contribution in [1.29, 1.82) is 0 Å². The number of aliphatic hydroxyl groups excluding tert-OH is 1. The van der Waals surface area contributed by atoms with Crippen molar-refractivity contribution in [3.05, 3.63) is 51.7 Å². The van der Waals surface area contributed by atoms with Crippen molar-refractivity contribution >= 4 is 11.7 Å². The number of hydrogen-bond acceptors (Lipinski definition) is 6. The summed E-state index contributed by atoms with van der Waals surface area (Å²) in [5, 5.41) is 9.82. The summed E-state index contributed by atoms with van der Waals surface area (Å²) in [6, 6.07) is 5.87. The summed E-state index contributed by atoms with van der Waals surface area (Å²) in [7, 11) is 1.73. The van der Waals surface area contributed by atoms with E-state index in [0.717, 1.165) is 48.6 Å². The Labute approximate surface area is 182 Å². The molecule has 1 saturated heterocycles. The van der Waals surface area contributed by atoms with E-state index in [2.05, 4.69) is 17.0 Å². The van der Waals surface area contributed by atoms with Gasteiger partial charge in [-0.3, -0.25) is 4.79 Å². The summed E-state index contributed by atoms with van der Waals surface area (Å²) in [5.41, 5.74) is 5.83. The number of aliphatic hydroxyl groups is 1. The Morgan fingerprint density at radius 3 is 2.65 bits per heavy atom. The topological polar surface area (TPSA) is 75.1 Å². The second-order valence-electron chi connectivity index (χ2n) is 8.79. The number of nitrogens with zero attached hydrogens (tertiary/aromatic N) is 3. The smallest absolute Gasteiger partial charge is 0.256 e. The fraction of sp³-hybridized carbons (Fsp3) is 0.500. The van der Waals surface area contributed by atoms with E-state index < -0.39 is 0 Å². The van der Waals surface area contributed by atoms with Crippen LogP contribution in [0.1, 0.15) is 57.2 Å². The van der Waals surface area contributed by atoms with Gasteiger partial charge in [-0.25, -0.2) is 4.98 Å². The van der Waals surface area contributed by atoms with Gasteiger partial charge in [0, 0.05) is 33.0 Å². The second kappa shape index (κ2) is 7.80. The van der Waals surface area contributed by atoms with Gasteiger partial charge in [0.25, 0.3) is 5.91 Å². The van der Waals surface area contributed by atoms with Crippen LogP contribution in [0.25, 0.3) is 0 Å². The molecular formula is C24H29N3O4. The van der Waals surface area contributed by atoms with Crippen LogP contribution >= 0.6 is 0 Å². The SMILES string of the molecule is Cc1c(N2CCC(Oc3ccc4c(c3)COC4)CC2)nc2c(c1C)C(=O)N(C)C2CO. The molecule has 0 spiro atoms. The standard InChI is InChI=1S/C24H29N3O4/c1-14-15(2)23(25-22-20(11-28)26(3)24(29)21(14)22)27-8-6-18(7-9-27)31-19-5-4-16-12-30-13-17(16)10-19/h4-5,10,18,20,28H,6-9,11-13H2,1-3H3. The molecule has 3 aliphatic rings. The number of carbonyl (C=O) groups excluding carboxylic acids is 1. The quantitative estimate of drug-likeness (QED) is 0.815. The predicted molar refractivity (Wildman–Crippen MR) is 116 cm³/mol. The third-order valence-electron chi connectivity index (χ3n) is 6.98. The lowest BCUT2D eigenvalue weighted by Gasteiger charge is -2.34. The van der Waals surface area contributed by atoms with Gasteiger partial charge < -0.3 is 24.4 Å². The first-order valence-electron chi connectivity index (χ1n) is 11.0. The lowest BCUT2D eigenvalue weighted by atomic mass is 10.00. The largest absolute Gasteiger partial charge is 0.490 e. The number of pyridine rings is 1. The molecule has 0 aliphatic carbocycles. The molecule has 1 aromatic carbocycles. The summed E-state index contributed by atoms with van der Waals surface area (Å²) in [6.07, 6.45) is 1.99. The van der Waals surface area contributed by atoms with Crippen LogP contribution in [-0.4, -0.2) is 53.7 Å². The molecule has 0 saturated carbocycles. The molecule has 3 aliphatic heterocycles. The van der Waals surface area contributed by atoms with Gasteiger partial charge in [0.15, 0.2) is 0 Å². The fourth-order valence-corrected chi connectivity index (χ4v) is 4.93. The van der Waals surface area contributed by atoms with Gasteiger partial charge in [0.1, 0.15) is 17.7 Å². The number of likely N-dealkylation sites (N-methyl/N-ethyl adjacent to an activating group) is 1. The fourth-order valence-electron chi connectivity index (χ4n) is 4.93. The Kier molecular flexibility index (Phi) is 5.10. The zero-order valence-electron chi connectivity index (χ0n) is 18.4. The van der Waals surface area contributed by atoms with E-state index in [4.69, 9.17) is 14.5 Å². The highest BCUT2D eigenvalue weighted by atomic mass is 16.5. The van der Waals surface area contributed by atoms with Crippen LogP contribution < -0.4 is 9.64 Å². The Morgan fingerprint density at radius 1 is 1.16 bits per heavy atom. The highest BCUT2D eigenvalue weighted by molar-refractivity contribution is 6.00. The minimum atomic E-state index is -0.370. The average molecular weight is 424 g/mol. The Morgan fingerprint density at radius 2 is 1.90 bits per heavy atom. The minimum Gasteiger partial charge on any atom is -0.490 e. The van der Waals surface area contributed by atoms with Gasteiger partial charge >= 0.3 is 0 Å². The van der Waals surface area contributed by atoms with E-state index in [1.165, 1.54) is 11.1 Å². The molecule has 164 valence electrons. The number of hydrogen-bond donors (Lipinski definition) is 1. The number of aromatic nitrogens is 1. The summed E-state index contributed by atoms with van der Waals surface area (Å²) in [4.78, 5) is 21.4. The molecule has 5 rings (SSSR count). The molecule has 1 fully saturated rings. The van der Waals surface area contributed by atoms with E-state index >= 15 is 0 Å². The molecule has 0 bridgehead atoms. The molecule has 1 amide bonds. The highest BCUT2D eigenvalue weighted by Gasteiger charge is 2.38. The number of ether oxygens (including phenoxy) is 2. The minimum absolute atomic E-state index is 0.0550. The first-order valence-corrected chi connectivity index (χ1v) is 11.0. The van der Waals surface area contributed by atoms with Crippen LogP contribution in [0.4, 0.5) is 5.82 Å². The summed E-state index contributed by atoms with van der Waals surface area (Å²) >= 11 is 0. The lowest BCUT2D eigenvalue weighted by Crippen LogP contribution is -2.39. The molecule has 1 N–H and O–H groups in total. The van der Waals surface area contributed by atoms with E-state index in [1.807, 2.05) is 19.9 Å². The average Bonchev–Trinajstić information content (AvgIpc) is 3.33. The van der Waals surface area contributed by atoms with Gasteiger partial charge in [-0.15, -0.1) is 0 Å². The molecule has 7 heteroatoms. The third kappa shape index (κ3) is 3.36. The zero-order valence-corrected chi connectivity index (χ0v) is 18.4. The maximum absolute atomic E-state index is 12.7. The van der Waals surface area contributed by atoms with Crippen molar-refractivity contribution in [3.8, 4) is 5.75 Å². The van der Waals surface area contributed by atoms with E-state index in [0.29, 0.717) is 24.5 Å². The maximum Gasteiger partial charge on any atom is 0.256 e. The van der Waals surface area contributed by atoms with Crippen LogP contribution in [0.5, 0.6) is 5.75 Å². The molecule has 1 unspecified atom stereocenters. The van der Waals surface area contributed by atoms with Gasteiger partial charge in [0.2, 0.25) is 0 Å². The summed E-state index contributed by atoms with van der Waals surface area (Å²) < 4.78 is 11.8. The number of carbonyl (C=O) groups is 1. The second-order valence-corrected chi connectivity index (χ2v) is 8.79. The first kappa shape index (κ1) is 20.3. The van der Waals surface area contributed by atoms with Gasteiger partial charge in [-0.1, -0.05) is 6.07 Å². The first-order chi connectivity index (χ1) is 15.0. The summed E-state index contributed by atoms with van der Waals surface area (Å²) in [5.74, 6) is 1.78. The third-order valence-corrected chi connectivity index (χ3v) is 6.98. The molecule has 0 radical (unpaired) electrons. The van der Waals surface area contributed by atoms with Crippen LogP contribution in [0.2, 0.25) is 0 Å². The lowest BCUT2D eigenvalue weighted by molar-refractivity contribution is 0.0714. The van der Waals surface area contributed by atoms with Crippen molar-refractivity contribution < 1.29 is 19.4 Å². The number of piperidine rings is 1. The van der Waals surface area contributed by atoms with Gasteiger partial charge in [-0.2, -0.15) is 0 Å². The van der Waals surface area contributed by atoms with Crippen LogP contribution in [0.15, 0.2) is 18.2 Å². The molecule has 2 aromatic rings. The summed E-state index contributed by atoms with van der Waals surface area (Å²) in [6.45, 7) is 6.95. The number of fused-ring (bicyclic) bond motifs is 2. The van der Waals surface area contributed by atoms with E-state index in [9.17, 15) is 9.90 Å². The highest BCUT2D eigenvalue weighted by Crippen LogP contribution is 2.37. The Hall–Kier alpha value is -2.64. The molecule has 7 nitrogen and oxygen atoms in total. The molecule has 31 heavy (non-hydrogen) atoms. The molecule has 4 heterocycles. The van der Waals surface area contributed by atoms with Crippen LogP contribution in [0.3, 0.4) is 0 Å². The number of rotatable bonds is 4. The van der Waals surface area contributed by atoms with E-state index in [1.54, 1.807) is 11.9 Å². The number of anilines is 1. The van der Waals surface area contributed by atoms with Crippen molar-refractivity contribution in [2.24, 2.45) is 0 Å². The van der Waals surface area contributed by atoms with Crippen LogP contribution in [0, 0.1) is 13.8 Å². The maximum atomic E-state index is 12.7. The molecular weight excluding hydrogens is 394 g/mol. The molecule has 1 aromatic heterocycles. The van der Waals surface area contributed by atoms with Crippen molar-refractivity contribution in [2.75, 3.05) is 31.6 Å². The Bertz CT molecular complexity index is 1030. The molecule has 1 atom stereocenters. The normalized spacial score (nSPS) is 20.9. The zero-order chi connectivity index (χ0) is 21.7. The number of amides is 1. The van der Waals surface area contributed by atoms with Crippen LogP contribution in [-0.2, 0) is 18.0 Å². The monoisotopic (exact) mass is 423 g/mol.